The minimum Gasteiger partial charge on any atom is -0.228 e. The van der Waals surface area contributed by atoms with Crippen molar-refractivity contribution in [1.29, 1.82) is 0 Å². The largest absolute Gasteiger partial charge is 0.228 e. The first-order valence-electron chi connectivity index (χ1n) is 9.61. The molecule has 0 saturated heterocycles. The summed E-state index contributed by atoms with van der Waals surface area (Å²) < 4.78 is 0. The molecule has 0 amide bonds. The molecule has 2 heteroatoms. The van der Waals surface area contributed by atoms with Crippen LogP contribution in [0.5, 0.6) is 0 Å². The van der Waals surface area contributed by atoms with Crippen LogP contribution in [0, 0.1) is 0 Å². The second kappa shape index (κ2) is 7.40. The fourth-order valence-corrected chi connectivity index (χ4v) is 3.21. The maximum atomic E-state index is 4.88. The molecule has 138 valence electrons. The Labute approximate surface area is 167 Å². The molecule has 0 aliphatic rings. The Balaban J connectivity index is 1.85. The Bertz CT molecular complexity index is 1000. The lowest BCUT2D eigenvalue weighted by atomic mass is 9.86. The van der Waals surface area contributed by atoms with E-state index in [0.29, 0.717) is 0 Å². The zero-order valence-electron chi connectivity index (χ0n) is 16.6. The highest BCUT2D eigenvalue weighted by molar-refractivity contribution is 5.71. The molecule has 1 heterocycles. The molecule has 0 saturated carbocycles. The van der Waals surface area contributed by atoms with Crippen LogP contribution >= 0.6 is 0 Å². The standard InChI is InChI=1S/C26H24N2/c1-26(2,3)22-16-14-21(15-17-22)25-27-23(19-10-6-4-7-11-19)18-24(28-25)20-12-8-5-9-13-20/h4-18H,1-3H3. The van der Waals surface area contributed by atoms with Crippen LogP contribution in [0.4, 0.5) is 0 Å². The molecule has 0 unspecified atom stereocenters. The van der Waals surface area contributed by atoms with Crippen LogP contribution in [0.1, 0.15) is 26.3 Å². The van der Waals surface area contributed by atoms with Gasteiger partial charge in [-0.2, -0.15) is 0 Å². The van der Waals surface area contributed by atoms with E-state index in [-0.39, 0.29) is 5.41 Å². The van der Waals surface area contributed by atoms with Gasteiger partial charge < -0.3 is 0 Å². The van der Waals surface area contributed by atoms with Gasteiger partial charge in [-0.1, -0.05) is 106 Å². The van der Waals surface area contributed by atoms with E-state index in [1.165, 1.54) is 5.56 Å². The van der Waals surface area contributed by atoms with Crippen molar-refractivity contribution in [2.45, 2.75) is 26.2 Å². The monoisotopic (exact) mass is 364 g/mol. The zero-order valence-corrected chi connectivity index (χ0v) is 16.6. The molecular weight excluding hydrogens is 340 g/mol. The van der Waals surface area contributed by atoms with Crippen molar-refractivity contribution in [2.24, 2.45) is 0 Å². The van der Waals surface area contributed by atoms with E-state index in [0.717, 1.165) is 33.9 Å². The first-order chi connectivity index (χ1) is 13.5. The molecule has 0 N–H and O–H groups in total. The van der Waals surface area contributed by atoms with Gasteiger partial charge >= 0.3 is 0 Å². The molecule has 0 atom stereocenters. The Morgan fingerprint density at radius 2 is 1.00 bits per heavy atom. The van der Waals surface area contributed by atoms with E-state index >= 15 is 0 Å². The van der Waals surface area contributed by atoms with Crippen LogP contribution in [-0.4, -0.2) is 9.97 Å². The minimum atomic E-state index is 0.125. The van der Waals surface area contributed by atoms with Crippen molar-refractivity contribution in [2.75, 3.05) is 0 Å². The normalized spacial score (nSPS) is 11.4. The highest BCUT2D eigenvalue weighted by atomic mass is 14.9. The first-order valence-corrected chi connectivity index (χ1v) is 9.61. The second-order valence-electron chi connectivity index (χ2n) is 8.02. The maximum Gasteiger partial charge on any atom is 0.160 e. The lowest BCUT2D eigenvalue weighted by Crippen LogP contribution is -2.10. The third-order valence-electron chi connectivity index (χ3n) is 4.87. The van der Waals surface area contributed by atoms with Crippen LogP contribution in [0.25, 0.3) is 33.9 Å². The molecule has 4 aromatic rings. The number of rotatable bonds is 3. The first kappa shape index (κ1) is 18.1. The summed E-state index contributed by atoms with van der Waals surface area (Å²) in [5.41, 5.74) is 6.51. The van der Waals surface area contributed by atoms with Crippen molar-refractivity contribution >= 4 is 0 Å². The Morgan fingerprint density at radius 1 is 0.536 bits per heavy atom. The summed E-state index contributed by atoms with van der Waals surface area (Å²) in [5.74, 6) is 0.751. The van der Waals surface area contributed by atoms with Crippen molar-refractivity contribution in [3.05, 3.63) is 96.6 Å². The molecule has 28 heavy (non-hydrogen) atoms. The minimum absolute atomic E-state index is 0.125. The molecule has 0 fully saturated rings. The SMILES string of the molecule is CC(C)(C)c1ccc(-c2nc(-c3ccccc3)cc(-c3ccccc3)n2)cc1. The summed E-state index contributed by atoms with van der Waals surface area (Å²) >= 11 is 0. The summed E-state index contributed by atoms with van der Waals surface area (Å²) in [5, 5.41) is 0. The molecule has 4 rings (SSSR count). The van der Waals surface area contributed by atoms with Crippen LogP contribution < -0.4 is 0 Å². The van der Waals surface area contributed by atoms with E-state index in [1.54, 1.807) is 0 Å². The van der Waals surface area contributed by atoms with Crippen LogP contribution in [0.2, 0.25) is 0 Å². The van der Waals surface area contributed by atoms with Gasteiger partial charge in [0.05, 0.1) is 11.4 Å². The lowest BCUT2D eigenvalue weighted by molar-refractivity contribution is 0.590. The summed E-state index contributed by atoms with van der Waals surface area (Å²) in [6, 6.07) is 31.2. The van der Waals surface area contributed by atoms with E-state index < -0.39 is 0 Å². The third kappa shape index (κ3) is 3.86. The molecule has 0 bridgehead atoms. The third-order valence-corrected chi connectivity index (χ3v) is 4.87. The average Bonchev–Trinajstić information content (AvgIpc) is 2.74. The molecule has 0 radical (unpaired) electrons. The summed E-state index contributed by atoms with van der Waals surface area (Å²) in [6.45, 7) is 6.67. The molecular formula is C26H24N2. The van der Waals surface area contributed by atoms with Crippen LogP contribution in [-0.2, 0) is 5.41 Å². The maximum absolute atomic E-state index is 4.88. The quantitative estimate of drug-likeness (QED) is 0.400. The highest BCUT2D eigenvalue weighted by Gasteiger charge is 2.15. The second-order valence-corrected chi connectivity index (χ2v) is 8.02. The molecule has 0 aliphatic carbocycles. The van der Waals surface area contributed by atoms with Gasteiger partial charge in [0, 0.05) is 16.7 Å². The van der Waals surface area contributed by atoms with Gasteiger partial charge in [-0.05, 0) is 17.0 Å². The molecule has 1 aromatic heterocycles. The summed E-state index contributed by atoms with van der Waals surface area (Å²) in [6.07, 6.45) is 0. The summed E-state index contributed by atoms with van der Waals surface area (Å²) in [4.78, 5) is 9.76. The fraction of sp³-hybridized carbons (Fsp3) is 0.154. The van der Waals surface area contributed by atoms with Crippen molar-refractivity contribution in [3.8, 4) is 33.9 Å². The van der Waals surface area contributed by atoms with E-state index in [9.17, 15) is 0 Å². The highest BCUT2D eigenvalue weighted by Crippen LogP contribution is 2.29. The van der Waals surface area contributed by atoms with Gasteiger partial charge in [-0.3, -0.25) is 0 Å². The lowest BCUT2D eigenvalue weighted by Gasteiger charge is -2.19. The van der Waals surface area contributed by atoms with E-state index in [4.69, 9.17) is 9.97 Å². The molecule has 3 aromatic carbocycles. The summed E-state index contributed by atoms with van der Waals surface area (Å²) in [7, 11) is 0. The Kier molecular flexibility index (Phi) is 4.79. The Morgan fingerprint density at radius 3 is 1.43 bits per heavy atom. The molecule has 0 spiro atoms. The van der Waals surface area contributed by atoms with Gasteiger partial charge in [0.15, 0.2) is 5.82 Å². The van der Waals surface area contributed by atoms with Gasteiger partial charge in [0.25, 0.3) is 0 Å². The van der Waals surface area contributed by atoms with Crippen LogP contribution in [0.3, 0.4) is 0 Å². The molecule has 2 nitrogen and oxygen atoms in total. The Hall–Kier alpha value is -3.26. The molecule has 0 aliphatic heterocycles. The van der Waals surface area contributed by atoms with Gasteiger partial charge in [0.1, 0.15) is 0 Å². The smallest absolute Gasteiger partial charge is 0.160 e. The van der Waals surface area contributed by atoms with E-state index in [2.05, 4.69) is 75.4 Å². The van der Waals surface area contributed by atoms with Crippen LogP contribution in [0.15, 0.2) is 91.0 Å². The van der Waals surface area contributed by atoms with Gasteiger partial charge in [-0.15, -0.1) is 0 Å². The number of hydrogen-bond acceptors (Lipinski definition) is 2. The predicted molar refractivity (Wildman–Crippen MR) is 117 cm³/mol. The van der Waals surface area contributed by atoms with Crippen molar-refractivity contribution < 1.29 is 0 Å². The zero-order chi connectivity index (χ0) is 19.6. The van der Waals surface area contributed by atoms with Gasteiger partial charge in [-0.25, -0.2) is 9.97 Å². The predicted octanol–water partition coefficient (Wildman–Crippen LogP) is 6.78. The topological polar surface area (TPSA) is 25.8 Å². The fourth-order valence-electron chi connectivity index (χ4n) is 3.21. The number of benzene rings is 3. The number of aromatic nitrogens is 2. The van der Waals surface area contributed by atoms with Gasteiger partial charge in [0.2, 0.25) is 0 Å². The van der Waals surface area contributed by atoms with E-state index in [1.807, 2.05) is 36.4 Å². The number of hydrogen-bond donors (Lipinski definition) is 0. The average molecular weight is 364 g/mol. The number of nitrogens with zero attached hydrogens (tertiary/aromatic N) is 2. The van der Waals surface area contributed by atoms with Crippen molar-refractivity contribution in [3.63, 3.8) is 0 Å². The van der Waals surface area contributed by atoms with Crippen molar-refractivity contribution in [1.82, 2.24) is 9.97 Å².